The van der Waals surface area contributed by atoms with Crippen molar-refractivity contribution in [2.75, 3.05) is 0 Å². The van der Waals surface area contributed by atoms with Gasteiger partial charge in [-0.2, -0.15) is 0 Å². The molecule has 1 aromatic rings. The molecule has 1 amide bonds. The first-order chi connectivity index (χ1) is 6.35. The van der Waals surface area contributed by atoms with Gasteiger partial charge in [-0.1, -0.05) is 0 Å². The van der Waals surface area contributed by atoms with E-state index in [1.807, 2.05) is 0 Å². The van der Waals surface area contributed by atoms with Crippen LogP contribution in [0.2, 0.25) is 5.28 Å². The van der Waals surface area contributed by atoms with E-state index in [1.165, 1.54) is 13.8 Å². The first-order valence-electron chi connectivity index (χ1n) is 3.84. The van der Waals surface area contributed by atoms with Crippen molar-refractivity contribution in [2.45, 2.75) is 19.3 Å². The largest absolute Gasteiger partial charge is 0.369 e. The monoisotopic (exact) mass is 217 g/mol. The van der Waals surface area contributed by atoms with Crippen LogP contribution in [0.4, 0.5) is 4.39 Å². The van der Waals surface area contributed by atoms with Gasteiger partial charge in [-0.25, -0.2) is 14.4 Å². The van der Waals surface area contributed by atoms with Gasteiger partial charge in [0.1, 0.15) is 0 Å². The SMILES string of the molecule is CC(C)(C(N)=O)c1nc(Cl)ncc1F. The van der Waals surface area contributed by atoms with Crippen molar-refractivity contribution in [3.63, 3.8) is 0 Å². The van der Waals surface area contributed by atoms with Gasteiger partial charge < -0.3 is 5.73 Å². The van der Waals surface area contributed by atoms with E-state index in [9.17, 15) is 9.18 Å². The fourth-order valence-corrected chi connectivity index (χ4v) is 1.03. The number of rotatable bonds is 2. The number of primary amides is 1. The maximum Gasteiger partial charge on any atom is 0.229 e. The lowest BCUT2D eigenvalue weighted by Crippen LogP contribution is -2.37. The van der Waals surface area contributed by atoms with Crippen molar-refractivity contribution >= 4 is 17.5 Å². The lowest BCUT2D eigenvalue weighted by Gasteiger charge is -2.19. The normalized spacial score (nSPS) is 11.4. The Balaban J connectivity index is 3.31. The van der Waals surface area contributed by atoms with Crippen LogP contribution in [0.15, 0.2) is 6.20 Å². The third kappa shape index (κ3) is 1.82. The molecule has 0 saturated carbocycles. The maximum absolute atomic E-state index is 13.2. The predicted octanol–water partition coefficient (Wildman–Crippen LogP) is 1.03. The Morgan fingerprint density at radius 2 is 2.21 bits per heavy atom. The zero-order valence-corrected chi connectivity index (χ0v) is 8.47. The molecule has 0 radical (unpaired) electrons. The highest BCUT2D eigenvalue weighted by Crippen LogP contribution is 2.23. The van der Waals surface area contributed by atoms with Crippen LogP contribution in [0.3, 0.4) is 0 Å². The molecule has 0 unspecified atom stereocenters. The summed E-state index contributed by atoms with van der Waals surface area (Å²) < 4.78 is 13.2. The molecule has 0 aliphatic carbocycles. The molecule has 0 saturated heterocycles. The van der Waals surface area contributed by atoms with Gasteiger partial charge in [0.15, 0.2) is 5.82 Å². The van der Waals surface area contributed by atoms with Crippen LogP contribution in [-0.4, -0.2) is 15.9 Å². The number of aromatic nitrogens is 2. The number of halogens is 2. The second-order valence-corrected chi connectivity index (χ2v) is 3.66. The van der Waals surface area contributed by atoms with Crippen molar-refractivity contribution < 1.29 is 9.18 Å². The van der Waals surface area contributed by atoms with Gasteiger partial charge in [-0.3, -0.25) is 4.79 Å². The molecule has 0 atom stereocenters. The van der Waals surface area contributed by atoms with E-state index in [-0.39, 0.29) is 11.0 Å². The van der Waals surface area contributed by atoms with Crippen LogP contribution in [0.5, 0.6) is 0 Å². The number of carbonyl (C=O) groups is 1. The van der Waals surface area contributed by atoms with E-state index in [0.29, 0.717) is 0 Å². The lowest BCUT2D eigenvalue weighted by molar-refractivity contribution is -0.122. The summed E-state index contributed by atoms with van der Waals surface area (Å²) in [6.45, 7) is 2.94. The number of nitrogens with two attached hydrogens (primary N) is 1. The topological polar surface area (TPSA) is 68.9 Å². The Hall–Kier alpha value is -1.23. The maximum atomic E-state index is 13.2. The molecule has 0 spiro atoms. The van der Waals surface area contributed by atoms with E-state index in [1.54, 1.807) is 0 Å². The molecular weight excluding hydrogens is 209 g/mol. The Bertz CT molecular complexity index is 381. The number of amides is 1. The molecule has 0 bridgehead atoms. The van der Waals surface area contributed by atoms with E-state index in [4.69, 9.17) is 17.3 Å². The standard InChI is InChI=1S/C8H9ClFN3O/c1-8(2,6(11)14)5-4(10)3-12-7(9)13-5/h3H,1-2H3,(H2,11,14). The summed E-state index contributed by atoms with van der Waals surface area (Å²) in [5.74, 6) is -1.37. The summed E-state index contributed by atoms with van der Waals surface area (Å²) >= 11 is 5.49. The highest BCUT2D eigenvalue weighted by molar-refractivity contribution is 6.28. The zero-order valence-electron chi connectivity index (χ0n) is 7.71. The summed E-state index contributed by atoms with van der Waals surface area (Å²) in [6, 6.07) is 0. The second kappa shape index (κ2) is 3.49. The summed E-state index contributed by atoms with van der Waals surface area (Å²) in [4.78, 5) is 18.1. The molecule has 0 aliphatic rings. The molecule has 4 nitrogen and oxygen atoms in total. The average Bonchev–Trinajstić information content (AvgIpc) is 2.08. The molecular formula is C8H9ClFN3O. The number of carbonyl (C=O) groups excluding carboxylic acids is 1. The Kier molecular flexibility index (Phi) is 2.71. The van der Waals surface area contributed by atoms with Crippen molar-refractivity contribution in [2.24, 2.45) is 5.73 Å². The van der Waals surface area contributed by atoms with Crippen LogP contribution in [0.25, 0.3) is 0 Å². The molecule has 0 aromatic carbocycles. The molecule has 1 heterocycles. The number of hydrogen-bond acceptors (Lipinski definition) is 3. The average molecular weight is 218 g/mol. The predicted molar refractivity (Wildman–Crippen MR) is 49.2 cm³/mol. The van der Waals surface area contributed by atoms with E-state index in [0.717, 1.165) is 6.20 Å². The van der Waals surface area contributed by atoms with E-state index >= 15 is 0 Å². The zero-order chi connectivity index (χ0) is 10.9. The van der Waals surface area contributed by atoms with Crippen molar-refractivity contribution in [1.29, 1.82) is 0 Å². The molecule has 6 heteroatoms. The summed E-state index contributed by atoms with van der Waals surface area (Å²) in [7, 11) is 0. The first-order valence-corrected chi connectivity index (χ1v) is 4.22. The fraction of sp³-hybridized carbons (Fsp3) is 0.375. The van der Waals surface area contributed by atoms with Crippen LogP contribution in [-0.2, 0) is 10.2 Å². The van der Waals surface area contributed by atoms with Gasteiger partial charge in [-0.15, -0.1) is 0 Å². The third-order valence-electron chi connectivity index (χ3n) is 1.92. The van der Waals surface area contributed by atoms with Crippen LogP contribution in [0.1, 0.15) is 19.5 Å². The molecule has 1 rings (SSSR count). The van der Waals surface area contributed by atoms with E-state index in [2.05, 4.69) is 9.97 Å². The van der Waals surface area contributed by atoms with Crippen molar-refractivity contribution in [1.82, 2.24) is 9.97 Å². The van der Waals surface area contributed by atoms with E-state index < -0.39 is 17.1 Å². The van der Waals surface area contributed by atoms with Gasteiger partial charge >= 0.3 is 0 Å². The van der Waals surface area contributed by atoms with Crippen molar-refractivity contribution in [3.8, 4) is 0 Å². The Morgan fingerprint density at radius 1 is 1.64 bits per heavy atom. The minimum absolute atomic E-state index is 0.0926. The van der Waals surface area contributed by atoms with Gasteiger partial charge in [0.25, 0.3) is 0 Å². The highest BCUT2D eigenvalue weighted by Gasteiger charge is 2.32. The fourth-order valence-electron chi connectivity index (χ4n) is 0.901. The van der Waals surface area contributed by atoms with Crippen LogP contribution >= 0.6 is 11.6 Å². The van der Waals surface area contributed by atoms with Gasteiger partial charge in [0.2, 0.25) is 11.2 Å². The van der Waals surface area contributed by atoms with Gasteiger partial charge in [0.05, 0.1) is 17.3 Å². The van der Waals surface area contributed by atoms with Gasteiger partial charge in [-0.05, 0) is 25.4 Å². The molecule has 0 fully saturated rings. The first kappa shape index (κ1) is 10.8. The summed E-state index contributed by atoms with van der Waals surface area (Å²) in [6.07, 6.45) is 0.912. The second-order valence-electron chi connectivity index (χ2n) is 3.32. The smallest absolute Gasteiger partial charge is 0.229 e. The summed E-state index contributed by atoms with van der Waals surface area (Å²) in [5, 5.41) is -0.115. The number of nitrogens with zero attached hydrogens (tertiary/aromatic N) is 2. The molecule has 14 heavy (non-hydrogen) atoms. The lowest BCUT2D eigenvalue weighted by atomic mass is 9.88. The van der Waals surface area contributed by atoms with Crippen LogP contribution < -0.4 is 5.73 Å². The quantitative estimate of drug-likeness (QED) is 0.753. The van der Waals surface area contributed by atoms with Crippen LogP contribution in [0, 0.1) is 5.82 Å². The Labute approximate surface area is 85.3 Å². The highest BCUT2D eigenvalue weighted by atomic mass is 35.5. The molecule has 0 aliphatic heterocycles. The minimum atomic E-state index is -1.20. The third-order valence-corrected chi connectivity index (χ3v) is 2.10. The van der Waals surface area contributed by atoms with Crippen molar-refractivity contribution in [3.05, 3.63) is 23.0 Å². The summed E-state index contributed by atoms with van der Waals surface area (Å²) in [5.41, 5.74) is 3.82. The molecule has 1 aromatic heterocycles. The number of hydrogen-bond donors (Lipinski definition) is 1. The minimum Gasteiger partial charge on any atom is -0.369 e. The van der Waals surface area contributed by atoms with Gasteiger partial charge in [0, 0.05) is 0 Å². The Morgan fingerprint density at radius 3 is 2.71 bits per heavy atom. The molecule has 76 valence electrons. The molecule has 2 N–H and O–H groups in total.